The van der Waals surface area contributed by atoms with Crippen LogP contribution in [0.3, 0.4) is 0 Å². The van der Waals surface area contributed by atoms with Gasteiger partial charge in [-0.2, -0.15) is 0 Å². The van der Waals surface area contributed by atoms with Gasteiger partial charge in [0.15, 0.2) is 0 Å². The van der Waals surface area contributed by atoms with Gasteiger partial charge in [0.25, 0.3) is 0 Å². The Morgan fingerprint density at radius 3 is 2.57 bits per heavy atom. The molecule has 2 N–H and O–H groups in total. The number of hydrogen-bond donors (Lipinski definition) is 2. The predicted molar refractivity (Wildman–Crippen MR) is 96.7 cm³/mol. The Morgan fingerprint density at radius 1 is 1.17 bits per heavy atom. The summed E-state index contributed by atoms with van der Waals surface area (Å²) in [5.41, 5.74) is 2.71. The van der Waals surface area contributed by atoms with E-state index in [0.29, 0.717) is 5.92 Å². The number of hydrogen-bond acceptors (Lipinski definition) is 3. The Morgan fingerprint density at radius 2 is 1.96 bits per heavy atom. The van der Waals surface area contributed by atoms with Gasteiger partial charge in [-0.1, -0.05) is 44.2 Å². The van der Waals surface area contributed by atoms with E-state index >= 15 is 0 Å². The van der Waals surface area contributed by atoms with Gasteiger partial charge in [-0.05, 0) is 34.9 Å². The monoisotopic (exact) mass is 325 g/mol. The molecule has 0 amide bonds. The summed E-state index contributed by atoms with van der Waals surface area (Å²) in [5.74, 6) is 1.57. The number of nitrogens with one attached hydrogen (secondary N) is 2. The van der Waals surface area contributed by atoms with Crippen LogP contribution in [0.1, 0.15) is 54.1 Å². The molecule has 0 saturated carbocycles. The second-order valence-electron chi connectivity index (χ2n) is 5.84. The Hall–Kier alpha value is -1.91. The highest BCUT2D eigenvalue weighted by Gasteiger charge is 2.15. The van der Waals surface area contributed by atoms with Gasteiger partial charge in [0.05, 0.1) is 12.6 Å². The summed E-state index contributed by atoms with van der Waals surface area (Å²) in [6.45, 7) is 5.24. The normalized spacial score (nSPS) is 13.8. The van der Waals surface area contributed by atoms with Gasteiger partial charge in [-0.25, -0.2) is 4.98 Å². The fourth-order valence-corrected chi connectivity index (χ4v) is 3.51. The molecule has 3 rings (SSSR count). The summed E-state index contributed by atoms with van der Waals surface area (Å²) in [4.78, 5) is 8.77. The lowest BCUT2D eigenvalue weighted by Crippen LogP contribution is -2.21. The van der Waals surface area contributed by atoms with E-state index in [1.807, 2.05) is 6.20 Å². The Kier molecular flexibility index (Phi) is 5.26. The van der Waals surface area contributed by atoms with Crippen molar-refractivity contribution in [2.24, 2.45) is 0 Å². The maximum atomic E-state index is 4.30. The van der Waals surface area contributed by atoms with E-state index in [9.17, 15) is 0 Å². The van der Waals surface area contributed by atoms with Crippen LogP contribution in [-0.2, 0) is 6.54 Å². The number of imidazole rings is 1. The highest BCUT2D eigenvalue weighted by atomic mass is 32.1. The number of thiophene rings is 1. The summed E-state index contributed by atoms with van der Waals surface area (Å²) in [7, 11) is 0. The zero-order valence-electron chi connectivity index (χ0n) is 13.6. The molecule has 0 spiro atoms. The van der Waals surface area contributed by atoms with Crippen LogP contribution in [0, 0.1) is 0 Å². The van der Waals surface area contributed by atoms with E-state index in [-0.39, 0.29) is 6.04 Å². The SMILES string of the molecule is CCC(C)c1ccc(C(NCc2ncc[nH]2)c2cccs2)cc1. The molecule has 0 fully saturated rings. The van der Waals surface area contributed by atoms with Crippen LogP contribution < -0.4 is 5.32 Å². The summed E-state index contributed by atoms with van der Waals surface area (Å²) >= 11 is 1.78. The zero-order chi connectivity index (χ0) is 16.1. The summed E-state index contributed by atoms with van der Waals surface area (Å²) in [6.07, 6.45) is 4.82. The van der Waals surface area contributed by atoms with Crippen molar-refractivity contribution in [3.63, 3.8) is 0 Å². The number of aromatic amines is 1. The molecule has 0 aliphatic rings. The van der Waals surface area contributed by atoms with Crippen LogP contribution in [0.15, 0.2) is 54.2 Å². The topological polar surface area (TPSA) is 40.7 Å². The average Bonchev–Trinajstić information content (AvgIpc) is 3.29. The molecule has 23 heavy (non-hydrogen) atoms. The molecule has 4 heteroatoms. The third-order valence-electron chi connectivity index (χ3n) is 4.31. The van der Waals surface area contributed by atoms with Crippen LogP contribution in [-0.4, -0.2) is 9.97 Å². The first-order chi connectivity index (χ1) is 11.3. The van der Waals surface area contributed by atoms with Crippen molar-refractivity contribution in [3.05, 3.63) is 76.0 Å². The zero-order valence-corrected chi connectivity index (χ0v) is 14.4. The van der Waals surface area contributed by atoms with E-state index < -0.39 is 0 Å². The van der Waals surface area contributed by atoms with Crippen LogP contribution in [0.5, 0.6) is 0 Å². The van der Waals surface area contributed by atoms with Gasteiger partial charge in [0.1, 0.15) is 5.82 Å². The van der Waals surface area contributed by atoms with Gasteiger partial charge in [-0.3, -0.25) is 5.32 Å². The highest BCUT2D eigenvalue weighted by Crippen LogP contribution is 2.28. The first-order valence-corrected chi connectivity index (χ1v) is 9.00. The molecule has 2 unspecified atom stereocenters. The molecular weight excluding hydrogens is 302 g/mol. The van der Waals surface area contributed by atoms with Crippen molar-refractivity contribution in [1.29, 1.82) is 0 Å². The third-order valence-corrected chi connectivity index (χ3v) is 5.24. The molecule has 0 bridgehead atoms. The van der Waals surface area contributed by atoms with E-state index in [4.69, 9.17) is 0 Å². The molecular formula is C19H23N3S. The predicted octanol–water partition coefficient (Wildman–Crippen LogP) is 4.86. The van der Waals surface area contributed by atoms with Crippen LogP contribution >= 0.6 is 11.3 Å². The van der Waals surface area contributed by atoms with Gasteiger partial charge in [0, 0.05) is 17.3 Å². The van der Waals surface area contributed by atoms with Gasteiger partial charge < -0.3 is 4.98 Å². The Labute approximate surface area is 141 Å². The van der Waals surface area contributed by atoms with Crippen LogP contribution in [0.2, 0.25) is 0 Å². The second-order valence-corrected chi connectivity index (χ2v) is 6.82. The van der Waals surface area contributed by atoms with Gasteiger partial charge in [-0.15, -0.1) is 11.3 Å². The Bertz CT molecular complexity index is 687. The Balaban J connectivity index is 1.80. The highest BCUT2D eigenvalue weighted by molar-refractivity contribution is 7.10. The summed E-state index contributed by atoms with van der Waals surface area (Å²) in [5, 5.41) is 5.75. The number of benzene rings is 1. The average molecular weight is 325 g/mol. The van der Waals surface area contributed by atoms with E-state index in [2.05, 4.69) is 70.9 Å². The van der Waals surface area contributed by atoms with Gasteiger partial charge in [0.2, 0.25) is 0 Å². The second kappa shape index (κ2) is 7.57. The van der Waals surface area contributed by atoms with Crippen molar-refractivity contribution < 1.29 is 0 Å². The maximum Gasteiger partial charge on any atom is 0.120 e. The molecule has 0 aliphatic carbocycles. The molecule has 2 heterocycles. The molecule has 3 nitrogen and oxygen atoms in total. The minimum absolute atomic E-state index is 0.200. The lowest BCUT2D eigenvalue weighted by Gasteiger charge is -2.19. The quantitative estimate of drug-likeness (QED) is 0.651. The largest absolute Gasteiger partial charge is 0.348 e. The lowest BCUT2D eigenvalue weighted by atomic mass is 9.95. The molecule has 0 radical (unpaired) electrons. The van der Waals surface area contributed by atoms with E-state index in [1.54, 1.807) is 17.5 Å². The number of H-pyrrole nitrogens is 1. The summed E-state index contributed by atoms with van der Waals surface area (Å²) in [6, 6.07) is 13.5. The van der Waals surface area contributed by atoms with Gasteiger partial charge >= 0.3 is 0 Å². The number of aromatic nitrogens is 2. The number of rotatable bonds is 7. The smallest absolute Gasteiger partial charge is 0.120 e. The molecule has 0 saturated heterocycles. The van der Waals surface area contributed by atoms with E-state index in [0.717, 1.165) is 12.4 Å². The van der Waals surface area contributed by atoms with Crippen LogP contribution in [0.25, 0.3) is 0 Å². The first-order valence-electron chi connectivity index (χ1n) is 8.12. The molecule has 2 atom stereocenters. The molecule has 0 aliphatic heterocycles. The van der Waals surface area contributed by atoms with Crippen molar-refractivity contribution in [2.75, 3.05) is 0 Å². The van der Waals surface area contributed by atoms with Crippen molar-refractivity contribution in [1.82, 2.24) is 15.3 Å². The first kappa shape index (κ1) is 16.0. The van der Waals surface area contributed by atoms with Crippen molar-refractivity contribution in [2.45, 2.75) is 38.8 Å². The molecule has 1 aromatic carbocycles. The standard InChI is InChI=1S/C19H23N3S/c1-3-14(2)15-6-8-16(9-7-15)19(17-5-4-12-23-17)22-13-18-20-10-11-21-18/h4-12,14,19,22H,3,13H2,1-2H3,(H,20,21). The van der Waals surface area contributed by atoms with E-state index in [1.165, 1.54) is 22.4 Å². The molecule has 2 aromatic heterocycles. The third kappa shape index (κ3) is 3.89. The fraction of sp³-hybridized carbons (Fsp3) is 0.316. The minimum Gasteiger partial charge on any atom is -0.348 e. The molecule has 3 aromatic rings. The van der Waals surface area contributed by atoms with Crippen molar-refractivity contribution in [3.8, 4) is 0 Å². The molecule has 120 valence electrons. The summed E-state index contributed by atoms with van der Waals surface area (Å²) < 4.78 is 0. The van der Waals surface area contributed by atoms with Crippen LogP contribution in [0.4, 0.5) is 0 Å². The minimum atomic E-state index is 0.200. The number of nitrogens with zero attached hydrogens (tertiary/aromatic N) is 1. The maximum absolute atomic E-state index is 4.30. The van der Waals surface area contributed by atoms with Crippen molar-refractivity contribution >= 4 is 11.3 Å². The fourth-order valence-electron chi connectivity index (χ4n) is 2.68. The lowest BCUT2D eigenvalue weighted by molar-refractivity contribution is 0.597.